The molecule has 2 N–H and O–H groups in total. The van der Waals surface area contributed by atoms with Crippen molar-refractivity contribution in [3.05, 3.63) is 59.3 Å². The molecular weight excluding hydrogens is 267 g/mol. The zero-order valence-corrected chi connectivity index (χ0v) is 10.2. The molecule has 1 aromatic heterocycles. The third-order valence-corrected chi connectivity index (χ3v) is 2.86. The van der Waals surface area contributed by atoms with Crippen molar-refractivity contribution in [2.45, 2.75) is 12.3 Å². The monoisotopic (exact) mass is 278 g/mol. The van der Waals surface area contributed by atoms with Crippen LogP contribution in [0.2, 0.25) is 0 Å². The molecule has 0 aliphatic rings. The van der Waals surface area contributed by atoms with Crippen LogP contribution in [0.5, 0.6) is 0 Å². The second-order valence-corrected chi connectivity index (χ2v) is 4.19. The molecule has 0 saturated carbocycles. The fourth-order valence-electron chi connectivity index (χ4n) is 1.89. The lowest BCUT2D eigenvalue weighted by atomic mass is 9.94. The SMILES string of the molecule is O=C(O)c1ccc(CC(C(=O)O)c2ccccc2F)o1. The summed E-state index contributed by atoms with van der Waals surface area (Å²) in [7, 11) is 0. The summed E-state index contributed by atoms with van der Waals surface area (Å²) in [5.41, 5.74) is 0.0354. The smallest absolute Gasteiger partial charge is 0.371 e. The van der Waals surface area contributed by atoms with Crippen LogP contribution in [0.4, 0.5) is 4.39 Å². The second-order valence-electron chi connectivity index (χ2n) is 4.19. The minimum Gasteiger partial charge on any atom is -0.481 e. The molecule has 0 aliphatic carbocycles. The minimum absolute atomic E-state index is 0.0354. The number of furan rings is 1. The number of rotatable bonds is 5. The number of aliphatic carboxylic acids is 1. The van der Waals surface area contributed by atoms with E-state index in [1.807, 2.05) is 0 Å². The fourth-order valence-corrected chi connectivity index (χ4v) is 1.89. The average Bonchev–Trinajstić information content (AvgIpc) is 2.85. The first-order chi connectivity index (χ1) is 9.49. The summed E-state index contributed by atoms with van der Waals surface area (Å²) in [5.74, 6) is -4.30. The molecule has 1 unspecified atom stereocenters. The molecule has 2 aromatic rings. The molecule has 6 heteroatoms. The summed E-state index contributed by atoms with van der Waals surface area (Å²) in [6.45, 7) is 0. The van der Waals surface area contributed by atoms with E-state index >= 15 is 0 Å². The highest BCUT2D eigenvalue weighted by atomic mass is 19.1. The van der Waals surface area contributed by atoms with Gasteiger partial charge in [0.25, 0.3) is 0 Å². The first-order valence-corrected chi connectivity index (χ1v) is 5.78. The highest BCUT2D eigenvalue weighted by Gasteiger charge is 2.25. The minimum atomic E-state index is -1.24. The lowest BCUT2D eigenvalue weighted by Crippen LogP contribution is -2.15. The van der Waals surface area contributed by atoms with E-state index in [0.717, 1.165) is 0 Å². The van der Waals surface area contributed by atoms with Gasteiger partial charge in [-0.1, -0.05) is 18.2 Å². The first kappa shape index (κ1) is 13.8. The van der Waals surface area contributed by atoms with Crippen LogP contribution >= 0.6 is 0 Å². The van der Waals surface area contributed by atoms with Gasteiger partial charge < -0.3 is 14.6 Å². The largest absolute Gasteiger partial charge is 0.481 e. The lowest BCUT2D eigenvalue weighted by molar-refractivity contribution is -0.138. The summed E-state index contributed by atoms with van der Waals surface area (Å²) in [4.78, 5) is 22.0. The van der Waals surface area contributed by atoms with E-state index in [9.17, 15) is 19.1 Å². The Balaban J connectivity index is 2.28. The molecule has 0 amide bonds. The van der Waals surface area contributed by atoms with Crippen LogP contribution in [0.15, 0.2) is 40.8 Å². The summed E-state index contributed by atoms with van der Waals surface area (Å²) in [6.07, 6.45) is -0.121. The molecule has 0 aliphatic heterocycles. The first-order valence-electron chi connectivity index (χ1n) is 5.78. The van der Waals surface area contributed by atoms with Crippen LogP contribution in [0.1, 0.15) is 27.8 Å². The van der Waals surface area contributed by atoms with Gasteiger partial charge in [-0.05, 0) is 18.2 Å². The van der Waals surface area contributed by atoms with Gasteiger partial charge in [0.05, 0.1) is 5.92 Å². The molecule has 104 valence electrons. The van der Waals surface area contributed by atoms with Gasteiger partial charge in [-0.25, -0.2) is 9.18 Å². The van der Waals surface area contributed by atoms with Gasteiger partial charge in [-0.15, -0.1) is 0 Å². The maximum Gasteiger partial charge on any atom is 0.371 e. The van der Waals surface area contributed by atoms with Crippen LogP contribution in [0.3, 0.4) is 0 Å². The zero-order chi connectivity index (χ0) is 14.7. The van der Waals surface area contributed by atoms with Gasteiger partial charge in [-0.2, -0.15) is 0 Å². The highest BCUT2D eigenvalue weighted by molar-refractivity contribution is 5.84. The predicted octanol–water partition coefficient (Wildman–Crippen LogP) is 2.53. The predicted molar refractivity (Wildman–Crippen MR) is 66.1 cm³/mol. The van der Waals surface area contributed by atoms with Crippen molar-refractivity contribution in [3.63, 3.8) is 0 Å². The molecule has 0 radical (unpaired) electrons. The fraction of sp³-hybridized carbons (Fsp3) is 0.143. The van der Waals surface area contributed by atoms with E-state index < -0.39 is 23.7 Å². The van der Waals surface area contributed by atoms with Gasteiger partial charge in [0.15, 0.2) is 0 Å². The Hall–Kier alpha value is -2.63. The van der Waals surface area contributed by atoms with Crippen LogP contribution in [0.25, 0.3) is 0 Å². The van der Waals surface area contributed by atoms with Crippen molar-refractivity contribution in [1.82, 2.24) is 0 Å². The molecule has 5 nitrogen and oxygen atoms in total. The number of carbonyl (C=O) groups is 2. The van der Waals surface area contributed by atoms with Crippen LogP contribution < -0.4 is 0 Å². The van der Waals surface area contributed by atoms with E-state index in [1.54, 1.807) is 6.07 Å². The third kappa shape index (κ3) is 2.85. The van der Waals surface area contributed by atoms with Crippen molar-refractivity contribution in [1.29, 1.82) is 0 Å². The molecule has 2 rings (SSSR count). The zero-order valence-electron chi connectivity index (χ0n) is 10.2. The lowest BCUT2D eigenvalue weighted by Gasteiger charge is -2.12. The number of halogens is 1. The van der Waals surface area contributed by atoms with E-state index in [2.05, 4.69) is 0 Å². The van der Waals surface area contributed by atoms with E-state index in [1.165, 1.54) is 30.3 Å². The number of carboxylic acids is 2. The number of aromatic carboxylic acids is 1. The van der Waals surface area contributed by atoms with Crippen molar-refractivity contribution >= 4 is 11.9 Å². The molecule has 0 spiro atoms. The maximum atomic E-state index is 13.6. The maximum absolute atomic E-state index is 13.6. The average molecular weight is 278 g/mol. The molecular formula is C14H11FO5. The molecule has 1 heterocycles. The van der Waals surface area contributed by atoms with Gasteiger partial charge >= 0.3 is 11.9 Å². The molecule has 20 heavy (non-hydrogen) atoms. The Morgan fingerprint density at radius 1 is 1.15 bits per heavy atom. The van der Waals surface area contributed by atoms with E-state index in [-0.39, 0.29) is 23.5 Å². The number of carboxylic acid groups (broad SMARTS) is 2. The number of hydrogen-bond donors (Lipinski definition) is 2. The quantitative estimate of drug-likeness (QED) is 0.877. The Kier molecular flexibility index (Phi) is 3.84. The van der Waals surface area contributed by atoms with Gasteiger partial charge in [0.2, 0.25) is 5.76 Å². The summed E-state index contributed by atoms with van der Waals surface area (Å²) >= 11 is 0. The molecule has 0 fully saturated rings. The topological polar surface area (TPSA) is 87.7 Å². The standard InChI is InChI=1S/C14H11FO5/c15-11-4-2-1-3-9(11)10(13(16)17)7-8-5-6-12(20-8)14(18)19/h1-6,10H,7H2,(H,16,17)(H,18,19). The highest BCUT2D eigenvalue weighted by Crippen LogP contribution is 2.24. The Labute approximate surface area is 113 Å². The molecule has 1 atom stereocenters. The summed E-state index contributed by atoms with van der Waals surface area (Å²) in [5, 5.41) is 17.9. The van der Waals surface area contributed by atoms with Crippen LogP contribution in [-0.2, 0) is 11.2 Å². The van der Waals surface area contributed by atoms with Gasteiger partial charge in [0, 0.05) is 12.0 Å². The Morgan fingerprint density at radius 2 is 1.85 bits per heavy atom. The van der Waals surface area contributed by atoms with Crippen molar-refractivity contribution in [2.24, 2.45) is 0 Å². The molecule has 0 saturated heterocycles. The second kappa shape index (κ2) is 5.56. The number of benzene rings is 1. The van der Waals surface area contributed by atoms with E-state index in [0.29, 0.717) is 0 Å². The third-order valence-electron chi connectivity index (χ3n) is 2.86. The molecule has 0 bridgehead atoms. The Bertz CT molecular complexity index is 647. The summed E-state index contributed by atoms with van der Waals surface area (Å²) in [6, 6.07) is 8.18. The van der Waals surface area contributed by atoms with Crippen molar-refractivity contribution in [2.75, 3.05) is 0 Å². The Morgan fingerprint density at radius 3 is 2.40 bits per heavy atom. The van der Waals surface area contributed by atoms with Gasteiger partial charge in [0.1, 0.15) is 11.6 Å². The summed E-state index contributed by atoms with van der Waals surface area (Å²) < 4.78 is 18.6. The van der Waals surface area contributed by atoms with E-state index in [4.69, 9.17) is 9.52 Å². The van der Waals surface area contributed by atoms with Crippen LogP contribution in [-0.4, -0.2) is 22.2 Å². The van der Waals surface area contributed by atoms with Crippen LogP contribution in [0, 0.1) is 5.82 Å². The number of hydrogen-bond acceptors (Lipinski definition) is 3. The van der Waals surface area contributed by atoms with Crippen molar-refractivity contribution in [3.8, 4) is 0 Å². The normalized spacial score (nSPS) is 12.1. The molecule has 1 aromatic carbocycles. The van der Waals surface area contributed by atoms with Crippen molar-refractivity contribution < 1.29 is 28.6 Å². The van der Waals surface area contributed by atoms with Gasteiger partial charge in [-0.3, -0.25) is 4.79 Å².